The molecule has 1 saturated carbocycles. The van der Waals surface area contributed by atoms with Crippen molar-refractivity contribution >= 4 is 11.8 Å². The van der Waals surface area contributed by atoms with Crippen LogP contribution in [0.3, 0.4) is 0 Å². The predicted molar refractivity (Wildman–Crippen MR) is 119 cm³/mol. The zero-order valence-electron chi connectivity index (χ0n) is 17.7. The highest BCUT2D eigenvalue weighted by atomic mass is 16.2. The van der Waals surface area contributed by atoms with Crippen molar-refractivity contribution in [3.63, 3.8) is 0 Å². The van der Waals surface area contributed by atoms with Crippen molar-refractivity contribution in [3.05, 3.63) is 66.5 Å². The van der Waals surface area contributed by atoms with Gasteiger partial charge in [-0.2, -0.15) is 5.10 Å². The monoisotopic (exact) mass is 414 g/mol. The second-order valence-electron chi connectivity index (χ2n) is 8.79. The van der Waals surface area contributed by atoms with Gasteiger partial charge >= 0.3 is 0 Å². The Kier molecular flexibility index (Phi) is 4.85. The third kappa shape index (κ3) is 3.85. The van der Waals surface area contributed by atoms with Gasteiger partial charge < -0.3 is 9.80 Å². The lowest BCUT2D eigenvalue weighted by Crippen LogP contribution is -2.52. The molecule has 2 amide bonds. The van der Waals surface area contributed by atoms with E-state index in [1.54, 1.807) is 6.20 Å². The maximum Gasteiger partial charge on any atom is 0.253 e. The molecular weight excluding hydrogens is 388 g/mol. The number of carbonyl (C=O) groups is 2. The molecule has 1 aliphatic carbocycles. The molecule has 5 rings (SSSR count). The first-order chi connectivity index (χ1) is 15.0. The summed E-state index contributed by atoms with van der Waals surface area (Å²) in [4.78, 5) is 29.2. The zero-order valence-corrected chi connectivity index (χ0v) is 17.7. The molecule has 1 N–H and O–H groups in total. The van der Waals surface area contributed by atoms with Crippen LogP contribution in [0.5, 0.6) is 0 Å². The first-order valence-corrected chi connectivity index (χ1v) is 10.8. The average Bonchev–Trinajstić information content (AvgIpc) is 3.34. The second kappa shape index (κ2) is 7.69. The lowest BCUT2D eigenvalue weighted by Gasteiger charge is -2.36. The maximum atomic E-state index is 12.9. The van der Waals surface area contributed by atoms with Crippen molar-refractivity contribution in [2.24, 2.45) is 5.41 Å². The van der Waals surface area contributed by atoms with Crippen LogP contribution in [0.1, 0.15) is 30.1 Å². The van der Waals surface area contributed by atoms with E-state index in [4.69, 9.17) is 0 Å². The van der Waals surface area contributed by atoms with Gasteiger partial charge in [-0.3, -0.25) is 14.7 Å². The summed E-state index contributed by atoms with van der Waals surface area (Å²) in [5, 5.41) is 6.82. The predicted octanol–water partition coefficient (Wildman–Crippen LogP) is 3.83. The lowest BCUT2D eigenvalue weighted by atomic mass is 10.0. The summed E-state index contributed by atoms with van der Waals surface area (Å²) < 4.78 is 0. The van der Waals surface area contributed by atoms with Crippen LogP contribution < -0.4 is 0 Å². The van der Waals surface area contributed by atoms with Crippen molar-refractivity contribution in [2.45, 2.75) is 19.8 Å². The quantitative estimate of drug-likeness (QED) is 0.705. The fourth-order valence-corrected chi connectivity index (χ4v) is 4.15. The molecule has 2 fully saturated rings. The number of hydrogen-bond acceptors (Lipinski definition) is 3. The minimum absolute atomic E-state index is 0.0339. The van der Waals surface area contributed by atoms with Gasteiger partial charge in [0.15, 0.2) is 0 Å². The first kappa shape index (κ1) is 19.5. The maximum absolute atomic E-state index is 12.9. The van der Waals surface area contributed by atoms with Crippen LogP contribution in [-0.4, -0.2) is 58.0 Å². The van der Waals surface area contributed by atoms with E-state index in [2.05, 4.69) is 34.5 Å². The van der Waals surface area contributed by atoms with E-state index in [0.29, 0.717) is 31.7 Å². The van der Waals surface area contributed by atoms with Gasteiger partial charge in [-0.05, 0) is 41.7 Å². The van der Waals surface area contributed by atoms with Crippen LogP contribution in [0.2, 0.25) is 0 Å². The van der Waals surface area contributed by atoms with Crippen LogP contribution in [0.4, 0.5) is 0 Å². The molecule has 1 saturated heterocycles. The number of aromatic amines is 1. The van der Waals surface area contributed by atoms with Crippen molar-refractivity contribution in [2.75, 3.05) is 26.2 Å². The van der Waals surface area contributed by atoms with Gasteiger partial charge in [0.2, 0.25) is 5.91 Å². The third-order valence-corrected chi connectivity index (χ3v) is 6.55. The van der Waals surface area contributed by atoms with E-state index in [9.17, 15) is 9.59 Å². The minimum atomic E-state index is -0.140. The van der Waals surface area contributed by atoms with E-state index in [-0.39, 0.29) is 17.2 Å². The number of nitrogens with one attached hydrogen (secondary N) is 1. The molecule has 3 aromatic rings. The molecule has 158 valence electrons. The van der Waals surface area contributed by atoms with Crippen LogP contribution in [0, 0.1) is 5.41 Å². The standard InChI is InChI=1S/C25H26N4O2/c1-25(10-11-25)24(31)29-14-12-28(13-15-29)23(30)21-8-6-19(7-9-21)18-2-4-20(5-3-18)22-16-26-27-17-22/h2-9,16-17H,10-15H2,1H3,(H,26,27). The number of nitrogens with zero attached hydrogens (tertiary/aromatic N) is 3. The normalized spacial score (nSPS) is 17.5. The molecule has 2 aliphatic rings. The number of benzene rings is 2. The van der Waals surface area contributed by atoms with Gasteiger partial charge in [-0.15, -0.1) is 0 Å². The molecular formula is C25H26N4O2. The zero-order chi connectivity index (χ0) is 21.4. The number of amides is 2. The summed E-state index contributed by atoms with van der Waals surface area (Å²) >= 11 is 0. The van der Waals surface area contributed by atoms with Gasteiger partial charge in [0, 0.05) is 48.9 Å². The van der Waals surface area contributed by atoms with Gasteiger partial charge in [0.1, 0.15) is 0 Å². The number of aromatic nitrogens is 2. The Morgan fingerprint density at radius 1 is 0.806 bits per heavy atom. The molecule has 1 aromatic heterocycles. The van der Waals surface area contributed by atoms with Crippen LogP contribution in [-0.2, 0) is 4.79 Å². The molecule has 2 heterocycles. The largest absolute Gasteiger partial charge is 0.339 e. The van der Waals surface area contributed by atoms with E-state index >= 15 is 0 Å². The fraction of sp³-hybridized carbons (Fsp3) is 0.320. The van der Waals surface area contributed by atoms with E-state index in [1.807, 2.05) is 47.2 Å². The molecule has 0 bridgehead atoms. The summed E-state index contributed by atoms with van der Waals surface area (Å²) in [6.07, 6.45) is 5.65. The topological polar surface area (TPSA) is 69.3 Å². The summed E-state index contributed by atoms with van der Waals surface area (Å²) in [6, 6.07) is 16.1. The van der Waals surface area contributed by atoms with E-state index in [0.717, 1.165) is 35.1 Å². The Hall–Kier alpha value is -3.41. The van der Waals surface area contributed by atoms with E-state index < -0.39 is 0 Å². The van der Waals surface area contributed by atoms with Gasteiger partial charge in [0.05, 0.1) is 6.20 Å². The van der Waals surface area contributed by atoms with Crippen LogP contribution >= 0.6 is 0 Å². The number of carbonyl (C=O) groups excluding carboxylic acids is 2. The number of H-pyrrole nitrogens is 1. The van der Waals surface area contributed by atoms with Crippen LogP contribution in [0.25, 0.3) is 22.3 Å². The number of hydrogen-bond donors (Lipinski definition) is 1. The Morgan fingerprint density at radius 3 is 1.84 bits per heavy atom. The number of rotatable bonds is 4. The molecule has 6 nitrogen and oxygen atoms in total. The van der Waals surface area contributed by atoms with Gasteiger partial charge in [0.25, 0.3) is 5.91 Å². The first-order valence-electron chi connectivity index (χ1n) is 10.8. The summed E-state index contributed by atoms with van der Waals surface area (Å²) in [5.41, 5.74) is 4.89. The lowest BCUT2D eigenvalue weighted by molar-refractivity contribution is -0.137. The molecule has 0 radical (unpaired) electrons. The molecule has 0 unspecified atom stereocenters. The minimum Gasteiger partial charge on any atom is -0.339 e. The van der Waals surface area contributed by atoms with Crippen molar-refractivity contribution in [1.82, 2.24) is 20.0 Å². The Labute approximate surface area is 181 Å². The van der Waals surface area contributed by atoms with Crippen LogP contribution in [0.15, 0.2) is 60.9 Å². The smallest absolute Gasteiger partial charge is 0.253 e. The van der Waals surface area contributed by atoms with Gasteiger partial charge in [-0.25, -0.2) is 0 Å². The average molecular weight is 415 g/mol. The molecule has 0 atom stereocenters. The van der Waals surface area contributed by atoms with E-state index in [1.165, 1.54) is 0 Å². The SMILES string of the molecule is CC1(C(=O)N2CCN(C(=O)c3ccc(-c4ccc(-c5cn[nH]c5)cc4)cc3)CC2)CC1. The highest BCUT2D eigenvalue weighted by Crippen LogP contribution is 2.46. The molecule has 31 heavy (non-hydrogen) atoms. The highest BCUT2D eigenvalue weighted by molar-refractivity contribution is 5.95. The van der Waals surface area contributed by atoms with Gasteiger partial charge in [-0.1, -0.05) is 43.3 Å². The fourth-order valence-electron chi connectivity index (χ4n) is 4.15. The molecule has 2 aromatic carbocycles. The van der Waals surface area contributed by atoms with Crippen molar-refractivity contribution in [1.29, 1.82) is 0 Å². The third-order valence-electron chi connectivity index (χ3n) is 6.55. The number of piperazine rings is 1. The second-order valence-corrected chi connectivity index (χ2v) is 8.79. The van der Waals surface area contributed by atoms with Crippen molar-refractivity contribution in [3.8, 4) is 22.3 Å². The molecule has 6 heteroatoms. The summed E-state index contributed by atoms with van der Waals surface area (Å²) in [5.74, 6) is 0.286. The Morgan fingerprint density at radius 2 is 1.32 bits per heavy atom. The summed E-state index contributed by atoms with van der Waals surface area (Å²) in [7, 11) is 0. The summed E-state index contributed by atoms with van der Waals surface area (Å²) in [6.45, 7) is 4.48. The molecule has 0 spiro atoms. The Bertz CT molecular complexity index is 1080. The Balaban J connectivity index is 1.22. The highest BCUT2D eigenvalue weighted by Gasteiger charge is 2.47. The van der Waals surface area contributed by atoms with Crippen molar-refractivity contribution < 1.29 is 9.59 Å². The molecule has 1 aliphatic heterocycles.